The number of amides is 2. The van der Waals surface area contributed by atoms with Gasteiger partial charge in [-0.25, -0.2) is 0 Å². The zero-order valence-corrected chi connectivity index (χ0v) is 14.8. The first-order chi connectivity index (χ1) is 13.5. The first-order valence-corrected chi connectivity index (χ1v) is 8.60. The van der Waals surface area contributed by atoms with Gasteiger partial charge in [0.1, 0.15) is 11.5 Å². The Morgan fingerprint density at radius 1 is 0.714 bits per heavy atom. The fourth-order valence-corrected chi connectivity index (χ4v) is 2.96. The highest BCUT2D eigenvalue weighted by Crippen LogP contribution is 2.28. The molecule has 0 saturated heterocycles. The Hall–Kier alpha value is -4.06. The van der Waals surface area contributed by atoms with E-state index in [1.54, 1.807) is 36.4 Å². The number of rotatable bonds is 5. The zero-order valence-electron chi connectivity index (χ0n) is 14.8. The Morgan fingerprint density at radius 3 is 1.89 bits per heavy atom. The maximum atomic E-state index is 11.3. The highest BCUT2D eigenvalue weighted by atomic mass is 16.5. The van der Waals surface area contributed by atoms with Crippen LogP contribution in [0.1, 0.15) is 20.7 Å². The van der Waals surface area contributed by atoms with E-state index in [1.807, 2.05) is 36.4 Å². The molecule has 0 unspecified atom stereocenters. The Morgan fingerprint density at radius 2 is 1.29 bits per heavy atom. The largest absolute Gasteiger partial charge is 0.457 e. The number of carbonyl (C=O) groups excluding carboxylic acids is 2. The van der Waals surface area contributed by atoms with Crippen molar-refractivity contribution in [3.8, 4) is 22.8 Å². The van der Waals surface area contributed by atoms with Gasteiger partial charge >= 0.3 is 0 Å². The van der Waals surface area contributed by atoms with Crippen LogP contribution in [0.15, 0.2) is 72.8 Å². The smallest absolute Gasteiger partial charge is 0.248 e. The lowest BCUT2D eigenvalue weighted by molar-refractivity contribution is 0.0992. The molecule has 2 amide bonds. The molecule has 0 spiro atoms. The third kappa shape index (κ3) is 3.43. The molecule has 0 bridgehead atoms. The maximum Gasteiger partial charge on any atom is 0.248 e. The Labute approximate surface area is 160 Å². The van der Waals surface area contributed by atoms with Crippen molar-refractivity contribution in [2.45, 2.75) is 0 Å². The van der Waals surface area contributed by atoms with E-state index in [1.165, 1.54) is 0 Å². The van der Waals surface area contributed by atoms with Gasteiger partial charge in [-0.05, 0) is 72.3 Å². The quantitative estimate of drug-likeness (QED) is 0.496. The zero-order chi connectivity index (χ0) is 19.7. The maximum absolute atomic E-state index is 11.3. The van der Waals surface area contributed by atoms with Crippen molar-refractivity contribution in [2.75, 3.05) is 0 Å². The Kier molecular flexibility index (Phi) is 4.29. The number of aromatic nitrogens is 1. The second kappa shape index (κ2) is 6.92. The Bertz CT molecular complexity index is 1180. The van der Waals surface area contributed by atoms with Gasteiger partial charge in [-0.15, -0.1) is 0 Å². The van der Waals surface area contributed by atoms with Crippen LogP contribution in [0.5, 0.6) is 11.5 Å². The molecular formula is C22H17N3O3. The number of nitrogens with one attached hydrogen (secondary N) is 1. The molecule has 0 radical (unpaired) electrons. The van der Waals surface area contributed by atoms with Crippen molar-refractivity contribution < 1.29 is 14.3 Å². The monoisotopic (exact) mass is 371 g/mol. The lowest BCUT2D eigenvalue weighted by atomic mass is 10.1. The SMILES string of the molecule is NC(=O)c1ccc(Oc2ccc(-c3cc4ccc(C(N)=O)cc4[nH]3)cc2)cc1. The molecule has 6 heteroatoms. The highest BCUT2D eigenvalue weighted by molar-refractivity contribution is 5.98. The van der Waals surface area contributed by atoms with Crippen LogP contribution >= 0.6 is 0 Å². The summed E-state index contributed by atoms with van der Waals surface area (Å²) in [6, 6.07) is 21.6. The molecule has 1 heterocycles. The highest BCUT2D eigenvalue weighted by Gasteiger charge is 2.07. The summed E-state index contributed by atoms with van der Waals surface area (Å²) >= 11 is 0. The summed E-state index contributed by atoms with van der Waals surface area (Å²) in [6.45, 7) is 0. The summed E-state index contributed by atoms with van der Waals surface area (Å²) in [7, 11) is 0. The summed E-state index contributed by atoms with van der Waals surface area (Å²) in [5, 5.41) is 0.995. The minimum Gasteiger partial charge on any atom is -0.457 e. The van der Waals surface area contributed by atoms with Crippen LogP contribution < -0.4 is 16.2 Å². The molecule has 0 aliphatic rings. The first kappa shape index (κ1) is 17.4. The molecule has 0 aliphatic carbocycles. The van der Waals surface area contributed by atoms with Gasteiger partial charge in [-0.3, -0.25) is 9.59 Å². The molecular weight excluding hydrogens is 354 g/mol. The van der Waals surface area contributed by atoms with Gasteiger partial charge in [0.2, 0.25) is 11.8 Å². The molecule has 0 saturated carbocycles. The molecule has 4 rings (SSSR count). The predicted octanol–water partition coefficient (Wildman–Crippen LogP) is 3.83. The number of primary amides is 2. The summed E-state index contributed by atoms with van der Waals surface area (Å²) in [6.07, 6.45) is 0. The average Bonchev–Trinajstić information content (AvgIpc) is 3.12. The van der Waals surface area contributed by atoms with Crippen molar-refractivity contribution in [1.82, 2.24) is 4.98 Å². The van der Waals surface area contributed by atoms with Gasteiger partial charge in [-0.1, -0.05) is 6.07 Å². The van der Waals surface area contributed by atoms with Crippen molar-refractivity contribution in [3.05, 3.63) is 83.9 Å². The van der Waals surface area contributed by atoms with Crippen LogP contribution in [0.2, 0.25) is 0 Å². The summed E-state index contributed by atoms with van der Waals surface area (Å²) in [5.41, 5.74) is 14.2. The topological polar surface area (TPSA) is 111 Å². The van der Waals surface area contributed by atoms with Crippen molar-refractivity contribution in [3.63, 3.8) is 0 Å². The third-order valence-corrected chi connectivity index (χ3v) is 4.45. The van der Waals surface area contributed by atoms with E-state index in [0.717, 1.165) is 22.2 Å². The minimum atomic E-state index is -0.475. The molecule has 6 nitrogen and oxygen atoms in total. The predicted molar refractivity (Wildman–Crippen MR) is 107 cm³/mol. The van der Waals surface area contributed by atoms with E-state index >= 15 is 0 Å². The number of hydrogen-bond acceptors (Lipinski definition) is 3. The molecule has 3 aromatic carbocycles. The molecule has 138 valence electrons. The third-order valence-electron chi connectivity index (χ3n) is 4.45. The first-order valence-electron chi connectivity index (χ1n) is 8.60. The van der Waals surface area contributed by atoms with Crippen molar-refractivity contribution in [2.24, 2.45) is 11.5 Å². The fraction of sp³-hybridized carbons (Fsp3) is 0. The number of carbonyl (C=O) groups is 2. The Balaban J connectivity index is 1.55. The van der Waals surface area contributed by atoms with Crippen LogP contribution in [0.4, 0.5) is 0 Å². The molecule has 1 aromatic heterocycles. The number of hydrogen-bond donors (Lipinski definition) is 3. The number of H-pyrrole nitrogens is 1. The molecule has 4 aromatic rings. The molecule has 28 heavy (non-hydrogen) atoms. The van der Waals surface area contributed by atoms with E-state index in [0.29, 0.717) is 22.6 Å². The van der Waals surface area contributed by atoms with Crippen molar-refractivity contribution in [1.29, 1.82) is 0 Å². The van der Waals surface area contributed by atoms with Crippen LogP contribution in [0.3, 0.4) is 0 Å². The van der Waals surface area contributed by atoms with Gasteiger partial charge in [0.25, 0.3) is 0 Å². The number of ether oxygens (including phenoxy) is 1. The van der Waals surface area contributed by atoms with E-state index < -0.39 is 11.8 Å². The van der Waals surface area contributed by atoms with Gasteiger partial charge in [-0.2, -0.15) is 0 Å². The standard InChI is InChI=1S/C22H17N3O3/c23-21(26)14-5-9-18(10-6-14)28-17-7-3-13(4-8-17)19-11-15-1-2-16(22(24)27)12-20(15)25-19/h1-12,25H,(H2,23,26)(H2,24,27). The average molecular weight is 371 g/mol. The summed E-state index contributed by atoms with van der Waals surface area (Å²) in [5.74, 6) is 0.352. The van der Waals surface area contributed by atoms with Crippen LogP contribution in [0.25, 0.3) is 22.2 Å². The minimum absolute atomic E-state index is 0.431. The lowest BCUT2D eigenvalue weighted by Crippen LogP contribution is -2.10. The fourth-order valence-electron chi connectivity index (χ4n) is 2.96. The summed E-state index contributed by atoms with van der Waals surface area (Å²) < 4.78 is 5.79. The number of benzene rings is 3. The van der Waals surface area contributed by atoms with E-state index in [-0.39, 0.29) is 0 Å². The second-order valence-corrected chi connectivity index (χ2v) is 6.36. The van der Waals surface area contributed by atoms with E-state index in [9.17, 15) is 9.59 Å². The van der Waals surface area contributed by atoms with E-state index in [4.69, 9.17) is 16.2 Å². The molecule has 5 N–H and O–H groups in total. The van der Waals surface area contributed by atoms with E-state index in [2.05, 4.69) is 4.98 Å². The van der Waals surface area contributed by atoms with Gasteiger partial charge in [0.05, 0.1) is 0 Å². The lowest BCUT2D eigenvalue weighted by Gasteiger charge is -2.07. The second-order valence-electron chi connectivity index (χ2n) is 6.36. The molecule has 0 aliphatic heterocycles. The number of aromatic amines is 1. The van der Waals surface area contributed by atoms with Gasteiger partial charge < -0.3 is 21.2 Å². The van der Waals surface area contributed by atoms with Crippen LogP contribution in [-0.2, 0) is 0 Å². The van der Waals surface area contributed by atoms with Crippen molar-refractivity contribution >= 4 is 22.7 Å². The molecule has 0 fully saturated rings. The number of fused-ring (bicyclic) bond motifs is 1. The van der Waals surface area contributed by atoms with Gasteiger partial charge in [0, 0.05) is 27.7 Å². The molecule has 0 atom stereocenters. The number of nitrogens with two attached hydrogens (primary N) is 2. The van der Waals surface area contributed by atoms with Gasteiger partial charge in [0.15, 0.2) is 0 Å². The normalized spacial score (nSPS) is 10.7. The summed E-state index contributed by atoms with van der Waals surface area (Å²) in [4.78, 5) is 25.7. The van der Waals surface area contributed by atoms with Crippen LogP contribution in [-0.4, -0.2) is 16.8 Å². The van der Waals surface area contributed by atoms with Crippen LogP contribution in [0, 0.1) is 0 Å².